The molecule has 1 amide bonds. The number of aliphatic hydroxyl groups is 1. The summed E-state index contributed by atoms with van der Waals surface area (Å²) in [4.78, 5) is 12.5. The van der Waals surface area contributed by atoms with Crippen LogP contribution >= 0.6 is 0 Å². The van der Waals surface area contributed by atoms with Gasteiger partial charge in [0.15, 0.2) is 5.79 Å². The molecule has 1 aliphatic heterocycles. The highest BCUT2D eigenvalue weighted by atomic mass is 19.1. The van der Waals surface area contributed by atoms with Crippen molar-refractivity contribution < 1.29 is 23.8 Å². The van der Waals surface area contributed by atoms with Crippen LogP contribution in [-0.4, -0.2) is 42.2 Å². The predicted molar refractivity (Wildman–Crippen MR) is 112 cm³/mol. The van der Waals surface area contributed by atoms with Gasteiger partial charge in [0.2, 0.25) is 0 Å². The molecule has 0 bridgehead atoms. The highest BCUT2D eigenvalue weighted by Gasteiger charge is 2.45. The van der Waals surface area contributed by atoms with Crippen molar-refractivity contribution in [3.8, 4) is 11.1 Å². The van der Waals surface area contributed by atoms with E-state index in [0.717, 1.165) is 16.7 Å². The molecule has 0 aromatic heterocycles. The third kappa shape index (κ3) is 4.26. The van der Waals surface area contributed by atoms with Crippen molar-refractivity contribution in [1.82, 2.24) is 5.32 Å². The Morgan fingerprint density at radius 2 is 1.63 bits per heavy atom. The van der Waals surface area contributed by atoms with Crippen LogP contribution in [0.15, 0.2) is 36.4 Å². The molecular formula is C24H28FNO4. The Morgan fingerprint density at radius 1 is 1.00 bits per heavy atom. The van der Waals surface area contributed by atoms with E-state index in [0.29, 0.717) is 38.9 Å². The van der Waals surface area contributed by atoms with Crippen LogP contribution in [0.2, 0.25) is 0 Å². The summed E-state index contributed by atoms with van der Waals surface area (Å²) >= 11 is 0. The maximum Gasteiger partial charge on any atom is 0.254 e. The van der Waals surface area contributed by atoms with E-state index < -0.39 is 23.1 Å². The molecule has 2 aromatic rings. The van der Waals surface area contributed by atoms with Crippen molar-refractivity contribution in [2.24, 2.45) is 0 Å². The average molecular weight is 413 g/mol. The third-order valence-corrected chi connectivity index (χ3v) is 6.39. The quantitative estimate of drug-likeness (QED) is 0.798. The Bertz CT molecular complexity index is 942. The second-order valence-corrected chi connectivity index (χ2v) is 8.51. The van der Waals surface area contributed by atoms with Crippen LogP contribution in [0.3, 0.4) is 0 Å². The number of nitrogens with one attached hydrogen (secondary N) is 1. The smallest absolute Gasteiger partial charge is 0.254 e. The van der Waals surface area contributed by atoms with Crippen molar-refractivity contribution in [2.45, 2.75) is 50.9 Å². The maximum atomic E-state index is 14.7. The zero-order valence-electron chi connectivity index (χ0n) is 17.5. The molecule has 160 valence electrons. The van der Waals surface area contributed by atoms with Gasteiger partial charge in [0.25, 0.3) is 5.91 Å². The summed E-state index contributed by atoms with van der Waals surface area (Å²) in [5.41, 5.74) is 2.87. The fraction of sp³-hybridized carbons (Fsp3) is 0.458. The maximum absolute atomic E-state index is 14.7. The minimum Gasteiger partial charge on any atom is -0.388 e. The number of halogens is 1. The van der Waals surface area contributed by atoms with Gasteiger partial charge in [0.1, 0.15) is 5.82 Å². The van der Waals surface area contributed by atoms with Crippen LogP contribution in [0.1, 0.15) is 47.2 Å². The molecule has 1 saturated heterocycles. The van der Waals surface area contributed by atoms with Gasteiger partial charge in [-0.3, -0.25) is 4.79 Å². The number of amides is 1. The first-order valence-corrected chi connectivity index (χ1v) is 10.4. The number of carbonyl (C=O) groups is 1. The van der Waals surface area contributed by atoms with Gasteiger partial charge >= 0.3 is 0 Å². The Morgan fingerprint density at radius 3 is 2.27 bits per heavy atom. The number of rotatable bonds is 4. The lowest BCUT2D eigenvalue weighted by molar-refractivity contribution is -0.201. The largest absolute Gasteiger partial charge is 0.388 e. The zero-order valence-corrected chi connectivity index (χ0v) is 17.5. The molecule has 0 unspecified atom stereocenters. The topological polar surface area (TPSA) is 67.8 Å². The van der Waals surface area contributed by atoms with Gasteiger partial charge in [-0.05, 0) is 61.1 Å². The molecule has 4 rings (SSSR count). The van der Waals surface area contributed by atoms with Gasteiger partial charge in [-0.2, -0.15) is 0 Å². The van der Waals surface area contributed by atoms with E-state index in [9.17, 15) is 14.3 Å². The van der Waals surface area contributed by atoms with Gasteiger partial charge in [-0.25, -0.2) is 4.39 Å². The van der Waals surface area contributed by atoms with E-state index in [2.05, 4.69) is 5.32 Å². The first kappa shape index (κ1) is 21.0. The molecule has 2 fully saturated rings. The monoisotopic (exact) mass is 413 g/mol. The summed E-state index contributed by atoms with van der Waals surface area (Å²) in [6.07, 6.45) is 2.08. The summed E-state index contributed by atoms with van der Waals surface area (Å²) in [5, 5.41) is 13.5. The van der Waals surface area contributed by atoms with Gasteiger partial charge in [-0.1, -0.05) is 24.3 Å². The molecule has 1 aliphatic carbocycles. The number of carbonyl (C=O) groups excluding carboxylic acids is 1. The van der Waals surface area contributed by atoms with Crippen LogP contribution in [0.25, 0.3) is 11.1 Å². The van der Waals surface area contributed by atoms with E-state index in [1.54, 1.807) is 6.07 Å². The number of aryl methyl sites for hydroxylation is 2. The lowest BCUT2D eigenvalue weighted by Gasteiger charge is -2.40. The molecule has 1 heterocycles. The summed E-state index contributed by atoms with van der Waals surface area (Å²) < 4.78 is 26.0. The van der Waals surface area contributed by atoms with Gasteiger partial charge < -0.3 is 19.9 Å². The molecule has 0 atom stereocenters. The Kier molecular flexibility index (Phi) is 5.66. The van der Waals surface area contributed by atoms with Crippen LogP contribution < -0.4 is 5.32 Å². The minimum atomic E-state index is -1.04. The Balaban J connectivity index is 1.39. The van der Waals surface area contributed by atoms with Crippen molar-refractivity contribution in [3.05, 3.63) is 58.9 Å². The molecule has 2 aromatic carbocycles. The molecule has 2 N–H and O–H groups in total. The second-order valence-electron chi connectivity index (χ2n) is 8.51. The summed E-state index contributed by atoms with van der Waals surface area (Å²) in [6, 6.07) is 10.6. The molecule has 5 nitrogen and oxygen atoms in total. The number of hydrogen-bond donors (Lipinski definition) is 2. The van der Waals surface area contributed by atoms with Crippen LogP contribution in [0.4, 0.5) is 4.39 Å². The average Bonchev–Trinajstić information content (AvgIpc) is 3.19. The normalized spacial score (nSPS) is 19.7. The predicted octanol–water partition coefficient (Wildman–Crippen LogP) is 3.89. The number of ether oxygens (including phenoxy) is 2. The molecule has 30 heavy (non-hydrogen) atoms. The van der Waals surface area contributed by atoms with E-state index in [1.807, 2.05) is 32.0 Å². The lowest BCUT2D eigenvalue weighted by atomic mass is 9.81. The standard InChI is InChI=1S/C24H28FNO4/c1-16-3-4-18(13-17(16)2)19-5-6-20(21(25)14-19)22(27)26-15-23(28)7-9-24(10-8-23)29-11-12-30-24/h3-6,13-14,28H,7-12,15H2,1-2H3,(H,26,27). The van der Waals surface area contributed by atoms with Gasteiger partial charge in [0.05, 0.1) is 24.4 Å². The number of hydrogen-bond acceptors (Lipinski definition) is 4. The van der Waals surface area contributed by atoms with Crippen molar-refractivity contribution in [3.63, 3.8) is 0 Å². The highest BCUT2D eigenvalue weighted by molar-refractivity contribution is 5.95. The van der Waals surface area contributed by atoms with Crippen molar-refractivity contribution >= 4 is 5.91 Å². The first-order valence-electron chi connectivity index (χ1n) is 10.4. The molecule has 6 heteroatoms. The first-order chi connectivity index (χ1) is 14.3. The molecule has 1 saturated carbocycles. The molecule has 2 aliphatic rings. The number of benzene rings is 2. The SMILES string of the molecule is Cc1ccc(-c2ccc(C(=O)NCC3(O)CCC4(CC3)OCCO4)c(F)c2)cc1C. The Labute approximate surface area is 176 Å². The second kappa shape index (κ2) is 8.10. The zero-order chi connectivity index (χ0) is 21.4. The highest BCUT2D eigenvalue weighted by Crippen LogP contribution is 2.40. The summed E-state index contributed by atoms with van der Waals surface area (Å²) in [7, 11) is 0. The molecule has 0 radical (unpaired) electrons. The van der Waals surface area contributed by atoms with Crippen molar-refractivity contribution in [2.75, 3.05) is 19.8 Å². The minimum absolute atomic E-state index is 0.0269. The fourth-order valence-corrected chi connectivity index (χ4v) is 4.20. The van der Waals surface area contributed by atoms with Crippen LogP contribution in [0.5, 0.6) is 0 Å². The summed E-state index contributed by atoms with van der Waals surface area (Å²) in [5.74, 6) is -1.68. The van der Waals surface area contributed by atoms with Crippen molar-refractivity contribution in [1.29, 1.82) is 0 Å². The van der Waals surface area contributed by atoms with Crippen LogP contribution in [-0.2, 0) is 9.47 Å². The van der Waals surface area contributed by atoms with Gasteiger partial charge in [-0.15, -0.1) is 0 Å². The fourth-order valence-electron chi connectivity index (χ4n) is 4.20. The van der Waals surface area contributed by atoms with E-state index in [1.165, 1.54) is 17.7 Å². The third-order valence-electron chi connectivity index (χ3n) is 6.39. The lowest BCUT2D eigenvalue weighted by Crippen LogP contribution is -2.49. The van der Waals surface area contributed by atoms with Crippen LogP contribution in [0, 0.1) is 19.7 Å². The Hall–Kier alpha value is -2.28. The summed E-state index contributed by atoms with van der Waals surface area (Å²) in [6.45, 7) is 5.26. The van der Waals surface area contributed by atoms with Gasteiger partial charge in [0, 0.05) is 19.4 Å². The van der Waals surface area contributed by atoms with E-state index in [-0.39, 0.29) is 12.1 Å². The van der Waals surface area contributed by atoms with E-state index in [4.69, 9.17) is 9.47 Å². The molecular weight excluding hydrogens is 385 g/mol. The molecule has 1 spiro atoms. The van der Waals surface area contributed by atoms with E-state index >= 15 is 0 Å².